The Morgan fingerprint density at radius 1 is 1.04 bits per heavy atom. The van der Waals surface area contributed by atoms with Crippen molar-refractivity contribution < 1.29 is 14.3 Å². The van der Waals surface area contributed by atoms with Gasteiger partial charge in [-0.3, -0.25) is 0 Å². The molecule has 5 nitrogen and oxygen atoms in total. The van der Waals surface area contributed by atoms with E-state index in [1.165, 1.54) is 0 Å². The van der Waals surface area contributed by atoms with Crippen molar-refractivity contribution in [3.63, 3.8) is 0 Å². The van der Waals surface area contributed by atoms with E-state index in [-0.39, 0.29) is 12.8 Å². The van der Waals surface area contributed by atoms with Crippen LogP contribution in [0.3, 0.4) is 0 Å². The van der Waals surface area contributed by atoms with E-state index in [4.69, 9.17) is 9.47 Å². The van der Waals surface area contributed by atoms with Crippen molar-refractivity contribution in [3.8, 4) is 11.5 Å². The third-order valence-electron chi connectivity index (χ3n) is 4.37. The van der Waals surface area contributed by atoms with Gasteiger partial charge in [0.2, 0.25) is 6.79 Å². The highest BCUT2D eigenvalue weighted by Gasteiger charge is 2.13. The van der Waals surface area contributed by atoms with Crippen molar-refractivity contribution in [2.24, 2.45) is 0 Å². The molecule has 1 heterocycles. The van der Waals surface area contributed by atoms with E-state index >= 15 is 0 Å². The maximum atomic E-state index is 12.3. The van der Waals surface area contributed by atoms with E-state index in [1.54, 1.807) is 0 Å². The lowest BCUT2D eigenvalue weighted by molar-refractivity contribution is 0.174. The Morgan fingerprint density at radius 3 is 2.48 bits per heavy atom. The number of hydrogen-bond acceptors (Lipinski definition) is 3. The molecule has 0 radical (unpaired) electrons. The SMILES string of the molecule is CCc1cccc(CC)c1NC(=O)NCCc1ccc2c(c1)OCO2. The molecule has 2 aromatic rings. The maximum absolute atomic E-state index is 12.3. The first kappa shape index (κ1) is 17.1. The van der Waals surface area contributed by atoms with Crippen LogP contribution in [0.1, 0.15) is 30.5 Å². The zero-order valence-corrected chi connectivity index (χ0v) is 14.7. The average molecular weight is 340 g/mol. The van der Waals surface area contributed by atoms with Gasteiger partial charge in [-0.15, -0.1) is 0 Å². The molecule has 2 aromatic carbocycles. The molecule has 0 spiro atoms. The van der Waals surface area contributed by atoms with E-state index < -0.39 is 0 Å². The summed E-state index contributed by atoms with van der Waals surface area (Å²) in [4.78, 5) is 12.3. The van der Waals surface area contributed by atoms with Crippen molar-refractivity contribution in [1.82, 2.24) is 5.32 Å². The first-order valence-electron chi connectivity index (χ1n) is 8.75. The number of aryl methyl sites for hydroxylation is 2. The van der Waals surface area contributed by atoms with Crippen molar-refractivity contribution in [1.29, 1.82) is 0 Å². The van der Waals surface area contributed by atoms with Gasteiger partial charge >= 0.3 is 6.03 Å². The number of para-hydroxylation sites is 1. The highest BCUT2D eigenvalue weighted by Crippen LogP contribution is 2.32. The Hall–Kier alpha value is -2.69. The standard InChI is InChI=1S/C20H24N2O3/c1-3-15-6-5-7-16(4-2)19(15)22-20(23)21-11-10-14-8-9-17-18(12-14)25-13-24-17/h5-9,12H,3-4,10-11,13H2,1-2H3,(H2,21,22,23). The lowest BCUT2D eigenvalue weighted by Gasteiger charge is -2.15. The van der Waals surface area contributed by atoms with Gasteiger partial charge < -0.3 is 20.1 Å². The van der Waals surface area contributed by atoms with Crippen LogP contribution in [0.5, 0.6) is 11.5 Å². The van der Waals surface area contributed by atoms with Crippen LogP contribution in [0.15, 0.2) is 36.4 Å². The Kier molecular flexibility index (Phi) is 5.43. The van der Waals surface area contributed by atoms with Gasteiger partial charge in [0.05, 0.1) is 0 Å². The Labute approximate surface area is 148 Å². The second-order valence-corrected chi connectivity index (χ2v) is 5.98. The van der Waals surface area contributed by atoms with E-state index in [2.05, 4.69) is 36.6 Å². The number of carbonyl (C=O) groups is 1. The van der Waals surface area contributed by atoms with Crippen LogP contribution in [0, 0.1) is 0 Å². The molecular formula is C20H24N2O3. The van der Waals surface area contributed by atoms with Gasteiger partial charge in [-0.05, 0) is 48.1 Å². The normalized spacial score (nSPS) is 12.1. The van der Waals surface area contributed by atoms with E-state index in [0.29, 0.717) is 6.54 Å². The number of hydrogen-bond donors (Lipinski definition) is 2. The minimum atomic E-state index is -0.170. The molecular weight excluding hydrogens is 316 g/mol. The molecule has 25 heavy (non-hydrogen) atoms. The monoisotopic (exact) mass is 340 g/mol. The van der Waals surface area contributed by atoms with Crippen LogP contribution < -0.4 is 20.1 Å². The molecule has 1 aliphatic heterocycles. The fourth-order valence-corrected chi connectivity index (χ4v) is 2.98. The number of carbonyl (C=O) groups excluding carboxylic acids is 1. The van der Waals surface area contributed by atoms with Crippen LogP contribution in [0.4, 0.5) is 10.5 Å². The molecule has 3 rings (SSSR count). The molecule has 1 aliphatic rings. The van der Waals surface area contributed by atoms with Gasteiger partial charge in [0.25, 0.3) is 0 Å². The van der Waals surface area contributed by atoms with Crippen LogP contribution in [-0.2, 0) is 19.3 Å². The quantitative estimate of drug-likeness (QED) is 0.838. The second kappa shape index (κ2) is 7.92. The zero-order valence-electron chi connectivity index (χ0n) is 14.7. The van der Waals surface area contributed by atoms with Gasteiger partial charge in [0, 0.05) is 12.2 Å². The molecule has 0 atom stereocenters. The zero-order chi connectivity index (χ0) is 17.6. The van der Waals surface area contributed by atoms with Crippen molar-refractivity contribution in [2.45, 2.75) is 33.1 Å². The minimum Gasteiger partial charge on any atom is -0.454 e. The van der Waals surface area contributed by atoms with Gasteiger partial charge in [0.1, 0.15) is 0 Å². The van der Waals surface area contributed by atoms with Crippen LogP contribution in [0.2, 0.25) is 0 Å². The van der Waals surface area contributed by atoms with Crippen LogP contribution in [0.25, 0.3) is 0 Å². The smallest absolute Gasteiger partial charge is 0.319 e. The van der Waals surface area contributed by atoms with E-state index in [9.17, 15) is 4.79 Å². The third kappa shape index (κ3) is 4.05. The summed E-state index contributed by atoms with van der Waals surface area (Å²) in [6.45, 7) is 5.02. The topological polar surface area (TPSA) is 59.6 Å². The summed E-state index contributed by atoms with van der Waals surface area (Å²) in [5.74, 6) is 1.55. The number of fused-ring (bicyclic) bond motifs is 1. The lowest BCUT2D eigenvalue weighted by Crippen LogP contribution is -2.31. The van der Waals surface area contributed by atoms with Crippen LogP contribution in [-0.4, -0.2) is 19.4 Å². The van der Waals surface area contributed by atoms with Crippen molar-refractivity contribution >= 4 is 11.7 Å². The Bertz CT molecular complexity index is 736. The molecule has 0 bridgehead atoms. The van der Waals surface area contributed by atoms with Gasteiger partial charge in [-0.1, -0.05) is 38.1 Å². The molecule has 132 valence electrons. The number of amides is 2. The summed E-state index contributed by atoms with van der Waals surface area (Å²) in [6.07, 6.45) is 2.52. The first-order chi connectivity index (χ1) is 12.2. The number of nitrogens with one attached hydrogen (secondary N) is 2. The summed E-state index contributed by atoms with van der Waals surface area (Å²) in [6, 6.07) is 11.8. The largest absolute Gasteiger partial charge is 0.454 e. The summed E-state index contributed by atoms with van der Waals surface area (Å²) in [5.41, 5.74) is 4.36. The molecule has 0 unspecified atom stereocenters. The molecule has 0 aliphatic carbocycles. The summed E-state index contributed by atoms with van der Waals surface area (Å²) >= 11 is 0. The predicted octanol–water partition coefficient (Wildman–Crippen LogP) is 3.90. The van der Waals surface area contributed by atoms with E-state index in [0.717, 1.165) is 53.1 Å². The fourth-order valence-electron chi connectivity index (χ4n) is 2.98. The molecule has 0 aromatic heterocycles. The number of rotatable bonds is 6. The van der Waals surface area contributed by atoms with Gasteiger partial charge in [-0.25, -0.2) is 4.79 Å². The Balaban J connectivity index is 1.55. The summed E-state index contributed by atoms with van der Waals surface area (Å²) in [5, 5.41) is 5.94. The third-order valence-corrected chi connectivity index (χ3v) is 4.37. The lowest BCUT2D eigenvalue weighted by atomic mass is 10.0. The first-order valence-corrected chi connectivity index (χ1v) is 8.75. The number of benzene rings is 2. The summed E-state index contributed by atoms with van der Waals surface area (Å²) < 4.78 is 10.7. The highest BCUT2D eigenvalue weighted by molar-refractivity contribution is 5.91. The number of urea groups is 1. The molecule has 5 heteroatoms. The molecule has 0 fully saturated rings. The fraction of sp³-hybridized carbons (Fsp3) is 0.350. The Morgan fingerprint density at radius 2 is 1.76 bits per heavy atom. The minimum absolute atomic E-state index is 0.170. The molecule has 2 amide bonds. The van der Waals surface area contributed by atoms with Crippen LogP contribution >= 0.6 is 0 Å². The number of ether oxygens (including phenoxy) is 2. The molecule has 0 saturated carbocycles. The molecule has 0 saturated heterocycles. The predicted molar refractivity (Wildman–Crippen MR) is 98.5 cm³/mol. The van der Waals surface area contributed by atoms with E-state index in [1.807, 2.05) is 24.3 Å². The second-order valence-electron chi connectivity index (χ2n) is 5.98. The molecule has 2 N–H and O–H groups in total. The highest BCUT2D eigenvalue weighted by atomic mass is 16.7. The van der Waals surface area contributed by atoms with Gasteiger partial charge in [0.15, 0.2) is 11.5 Å². The van der Waals surface area contributed by atoms with Gasteiger partial charge in [-0.2, -0.15) is 0 Å². The average Bonchev–Trinajstić information content (AvgIpc) is 3.09. The van der Waals surface area contributed by atoms with Crippen molar-refractivity contribution in [2.75, 3.05) is 18.7 Å². The van der Waals surface area contributed by atoms with Crippen molar-refractivity contribution in [3.05, 3.63) is 53.1 Å². The summed E-state index contributed by atoms with van der Waals surface area (Å²) in [7, 11) is 0. The number of anilines is 1. The maximum Gasteiger partial charge on any atom is 0.319 e.